The molecule has 6 nitrogen and oxygen atoms in total. The van der Waals surface area contributed by atoms with E-state index in [-0.39, 0.29) is 11.3 Å². The number of para-hydroxylation sites is 1. The lowest BCUT2D eigenvalue weighted by molar-refractivity contribution is -0.126. The average molecular weight is 459 g/mol. The fraction of sp³-hybridized carbons (Fsp3) is 0.464. The molecule has 1 amide bonds. The summed E-state index contributed by atoms with van der Waals surface area (Å²) in [4.78, 5) is 12.6. The average Bonchev–Trinajstić information content (AvgIpc) is 3.23. The fourth-order valence-electron chi connectivity index (χ4n) is 6.61. The predicted molar refractivity (Wildman–Crippen MR) is 133 cm³/mol. The molecule has 0 saturated carbocycles. The second kappa shape index (κ2) is 8.66. The van der Waals surface area contributed by atoms with Crippen molar-refractivity contribution in [2.24, 2.45) is 0 Å². The molecule has 0 radical (unpaired) electrons. The summed E-state index contributed by atoms with van der Waals surface area (Å²) in [5.41, 5.74) is 6.47. The van der Waals surface area contributed by atoms with Crippen LogP contribution in [0.1, 0.15) is 49.7 Å². The van der Waals surface area contributed by atoms with Gasteiger partial charge in [-0.05, 0) is 74.3 Å². The number of ether oxygens (including phenoxy) is 1. The van der Waals surface area contributed by atoms with Crippen LogP contribution in [0.25, 0.3) is 0 Å². The first kappa shape index (κ1) is 21.5. The number of amides is 1. The largest absolute Gasteiger partial charge is 0.497 e. The quantitative estimate of drug-likeness (QED) is 0.719. The number of methoxy groups -OCH3 is 1. The summed E-state index contributed by atoms with van der Waals surface area (Å²) in [6.07, 6.45) is 7.32. The number of benzene rings is 2. The zero-order valence-corrected chi connectivity index (χ0v) is 20.0. The maximum atomic E-state index is 12.6. The molecule has 0 aromatic heterocycles. The van der Waals surface area contributed by atoms with Gasteiger partial charge in [0, 0.05) is 41.5 Å². The standard InChI is InChI=1S/C28H34N4O2/c1-34-22-8-6-7-20(16-22)15-21-17-28(18-29-25-11-4-3-10-24(25)28)13-14-31(21)32-19-30-27(33)23-9-2-5-12-26(23)32/h3-4,6-8,10-11,16,21,29H,2,5,9,12-15,17-19H2,1H3,(H,30,33). The van der Waals surface area contributed by atoms with Gasteiger partial charge in [-0.2, -0.15) is 0 Å². The number of carbonyl (C=O) groups is 1. The first-order valence-electron chi connectivity index (χ1n) is 12.7. The Balaban J connectivity index is 1.36. The molecule has 1 saturated heterocycles. The Morgan fingerprint density at radius 2 is 1.97 bits per heavy atom. The SMILES string of the molecule is COc1cccc(CC2CC3(CCN2N2CNC(=O)C4=C2CCCC4)CNc2ccccc23)c1. The summed E-state index contributed by atoms with van der Waals surface area (Å²) in [6, 6.07) is 17.7. The van der Waals surface area contributed by atoms with E-state index < -0.39 is 0 Å². The Morgan fingerprint density at radius 3 is 2.88 bits per heavy atom. The summed E-state index contributed by atoms with van der Waals surface area (Å²) < 4.78 is 5.52. The van der Waals surface area contributed by atoms with E-state index in [1.165, 1.54) is 22.5 Å². The molecular weight excluding hydrogens is 424 g/mol. The van der Waals surface area contributed by atoms with E-state index in [2.05, 4.69) is 63.1 Å². The number of hydrazine groups is 1. The molecule has 1 aliphatic carbocycles. The minimum Gasteiger partial charge on any atom is -0.497 e. The third-order valence-corrected chi connectivity index (χ3v) is 8.31. The lowest BCUT2D eigenvalue weighted by Gasteiger charge is -2.52. The van der Waals surface area contributed by atoms with E-state index >= 15 is 0 Å². The molecule has 1 spiro atoms. The summed E-state index contributed by atoms with van der Waals surface area (Å²) in [5, 5.41) is 11.8. The van der Waals surface area contributed by atoms with Crippen molar-refractivity contribution in [3.05, 3.63) is 70.9 Å². The number of rotatable bonds is 4. The van der Waals surface area contributed by atoms with E-state index in [1.807, 2.05) is 6.07 Å². The van der Waals surface area contributed by atoms with Crippen molar-refractivity contribution in [3.8, 4) is 5.75 Å². The maximum Gasteiger partial charge on any atom is 0.250 e. The van der Waals surface area contributed by atoms with Crippen molar-refractivity contribution in [2.45, 2.75) is 56.4 Å². The highest BCUT2D eigenvalue weighted by Gasteiger charge is 2.47. The monoisotopic (exact) mass is 458 g/mol. The van der Waals surface area contributed by atoms with Crippen LogP contribution in [0.2, 0.25) is 0 Å². The Morgan fingerprint density at radius 1 is 1.09 bits per heavy atom. The van der Waals surface area contributed by atoms with Crippen molar-refractivity contribution in [1.29, 1.82) is 0 Å². The van der Waals surface area contributed by atoms with Crippen LogP contribution in [0.3, 0.4) is 0 Å². The summed E-state index contributed by atoms with van der Waals surface area (Å²) in [7, 11) is 1.73. The van der Waals surface area contributed by atoms with Gasteiger partial charge in [0.15, 0.2) is 0 Å². The Hall–Kier alpha value is -2.99. The molecule has 3 aliphatic heterocycles. The maximum absolute atomic E-state index is 12.6. The number of piperidine rings is 1. The van der Waals surface area contributed by atoms with Crippen LogP contribution in [0.4, 0.5) is 5.69 Å². The molecule has 2 atom stereocenters. The normalized spacial score (nSPS) is 26.7. The second-order valence-electron chi connectivity index (χ2n) is 10.2. The van der Waals surface area contributed by atoms with Crippen molar-refractivity contribution in [2.75, 3.05) is 32.2 Å². The van der Waals surface area contributed by atoms with E-state index in [1.54, 1.807) is 7.11 Å². The number of fused-ring (bicyclic) bond motifs is 2. The van der Waals surface area contributed by atoms with Crippen LogP contribution in [0, 0.1) is 0 Å². The molecule has 2 aromatic carbocycles. The third-order valence-electron chi connectivity index (χ3n) is 8.31. The van der Waals surface area contributed by atoms with Gasteiger partial charge in [-0.15, -0.1) is 0 Å². The predicted octanol–water partition coefficient (Wildman–Crippen LogP) is 4.20. The van der Waals surface area contributed by atoms with Crippen LogP contribution in [-0.4, -0.2) is 48.8 Å². The Kier molecular flexibility index (Phi) is 5.48. The minimum absolute atomic E-state index is 0.137. The van der Waals surface area contributed by atoms with Crippen LogP contribution >= 0.6 is 0 Å². The zero-order valence-electron chi connectivity index (χ0n) is 20.0. The van der Waals surface area contributed by atoms with Gasteiger partial charge in [0.25, 0.3) is 0 Å². The van der Waals surface area contributed by atoms with E-state index in [9.17, 15) is 4.79 Å². The van der Waals surface area contributed by atoms with Gasteiger partial charge in [0.2, 0.25) is 5.91 Å². The lowest BCUT2D eigenvalue weighted by Crippen LogP contribution is -2.61. The van der Waals surface area contributed by atoms with Gasteiger partial charge in [0.1, 0.15) is 12.4 Å². The molecule has 0 bridgehead atoms. The Bertz CT molecular complexity index is 1130. The van der Waals surface area contributed by atoms with Gasteiger partial charge in [0.05, 0.1) is 7.11 Å². The second-order valence-corrected chi connectivity index (χ2v) is 10.2. The van der Waals surface area contributed by atoms with Crippen molar-refractivity contribution < 1.29 is 9.53 Å². The van der Waals surface area contributed by atoms with Crippen molar-refractivity contribution in [3.63, 3.8) is 0 Å². The zero-order chi connectivity index (χ0) is 23.1. The number of allylic oxidation sites excluding steroid dienone is 1. The Labute approximate surface area is 201 Å². The molecule has 2 aromatic rings. The number of carbonyl (C=O) groups excluding carboxylic acids is 1. The number of anilines is 1. The van der Waals surface area contributed by atoms with E-state index in [0.29, 0.717) is 12.7 Å². The third kappa shape index (κ3) is 3.65. The van der Waals surface area contributed by atoms with Crippen LogP contribution in [0.15, 0.2) is 59.8 Å². The van der Waals surface area contributed by atoms with Crippen LogP contribution in [-0.2, 0) is 16.6 Å². The first-order valence-corrected chi connectivity index (χ1v) is 12.7. The molecule has 178 valence electrons. The topological polar surface area (TPSA) is 56.8 Å². The number of hydrogen-bond donors (Lipinski definition) is 2. The molecular formula is C28H34N4O2. The molecule has 3 heterocycles. The number of nitrogens with zero attached hydrogens (tertiary/aromatic N) is 2. The number of nitrogens with one attached hydrogen (secondary N) is 2. The van der Waals surface area contributed by atoms with Gasteiger partial charge in [-0.3, -0.25) is 9.80 Å². The summed E-state index contributed by atoms with van der Waals surface area (Å²) >= 11 is 0. The molecule has 34 heavy (non-hydrogen) atoms. The minimum atomic E-state index is 0.137. The van der Waals surface area contributed by atoms with Gasteiger partial charge >= 0.3 is 0 Å². The van der Waals surface area contributed by atoms with Gasteiger partial charge in [-0.25, -0.2) is 5.01 Å². The molecule has 1 fully saturated rings. The van der Waals surface area contributed by atoms with Crippen molar-refractivity contribution >= 4 is 11.6 Å². The van der Waals surface area contributed by atoms with Crippen LogP contribution in [0.5, 0.6) is 5.75 Å². The molecule has 6 heteroatoms. The van der Waals surface area contributed by atoms with Crippen LogP contribution < -0.4 is 15.4 Å². The molecule has 2 unspecified atom stereocenters. The van der Waals surface area contributed by atoms with E-state index in [4.69, 9.17) is 4.74 Å². The fourth-order valence-corrected chi connectivity index (χ4v) is 6.61. The summed E-state index contributed by atoms with van der Waals surface area (Å²) in [5.74, 6) is 1.04. The molecule has 2 N–H and O–H groups in total. The van der Waals surface area contributed by atoms with E-state index in [0.717, 1.165) is 69.4 Å². The highest BCUT2D eigenvalue weighted by molar-refractivity contribution is 5.95. The molecule has 4 aliphatic rings. The summed E-state index contributed by atoms with van der Waals surface area (Å²) in [6.45, 7) is 2.56. The highest BCUT2D eigenvalue weighted by atomic mass is 16.5. The lowest BCUT2D eigenvalue weighted by atomic mass is 9.71. The first-order chi connectivity index (χ1) is 16.7. The van der Waals surface area contributed by atoms with Gasteiger partial charge in [-0.1, -0.05) is 30.3 Å². The highest BCUT2D eigenvalue weighted by Crippen LogP contribution is 2.47. The molecule has 6 rings (SSSR count). The number of hydrogen-bond acceptors (Lipinski definition) is 5. The van der Waals surface area contributed by atoms with Gasteiger partial charge < -0.3 is 15.4 Å². The smallest absolute Gasteiger partial charge is 0.250 e. The van der Waals surface area contributed by atoms with Crippen molar-refractivity contribution in [1.82, 2.24) is 15.3 Å².